The fourth-order valence-electron chi connectivity index (χ4n) is 2.40. The molecule has 0 aromatic heterocycles. The predicted octanol–water partition coefficient (Wildman–Crippen LogP) is 0.541. The van der Waals surface area contributed by atoms with E-state index in [-0.39, 0.29) is 30.9 Å². The summed E-state index contributed by atoms with van der Waals surface area (Å²) in [7, 11) is -3.40. The Kier molecular flexibility index (Phi) is 6.59. The monoisotopic (exact) mass is 356 g/mol. The number of carbonyl (C=O) groups excluding carboxylic acids is 1. The highest BCUT2D eigenvalue weighted by atomic mass is 32.2. The summed E-state index contributed by atoms with van der Waals surface area (Å²) in [6.45, 7) is 4.85. The molecule has 0 bridgehead atoms. The van der Waals surface area contributed by atoms with E-state index in [1.54, 1.807) is 12.1 Å². The minimum atomic E-state index is -3.40. The van der Waals surface area contributed by atoms with Gasteiger partial charge in [0.1, 0.15) is 5.75 Å². The van der Waals surface area contributed by atoms with Crippen LogP contribution in [0.4, 0.5) is 0 Å². The minimum absolute atomic E-state index is 0.0580. The number of rotatable bonds is 7. The molecule has 1 fully saturated rings. The van der Waals surface area contributed by atoms with Crippen molar-refractivity contribution >= 4 is 15.9 Å². The molecule has 1 atom stereocenters. The number of benzene rings is 1. The van der Waals surface area contributed by atoms with Crippen LogP contribution in [-0.4, -0.2) is 63.3 Å². The number of hydrogen-bond acceptors (Lipinski definition) is 5. The maximum absolute atomic E-state index is 12.3. The Morgan fingerprint density at radius 3 is 2.75 bits per heavy atom. The van der Waals surface area contributed by atoms with Gasteiger partial charge in [-0.3, -0.25) is 4.79 Å². The third-order valence-corrected chi connectivity index (χ3v) is 5.71. The Labute approximate surface area is 143 Å². The summed E-state index contributed by atoms with van der Waals surface area (Å²) in [5, 5.41) is 2.57. The van der Waals surface area contributed by atoms with Gasteiger partial charge in [-0.15, -0.1) is 0 Å². The minimum Gasteiger partial charge on any atom is -0.484 e. The number of nitrogens with zero attached hydrogens (tertiary/aromatic N) is 1. The molecule has 1 aromatic carbocycles. The van der Waals surface area contributed by atoms with E-state index in [2.05, 4.69) is 5.32 Å². The summed E-state index contributed by atoms with van der Waals surface area (Å²) in [6.07, 6.45) is 0. The molecular weight excluding hydrogens is 332 g/mol. The summed E-state index contributed by atoms with van der Waals surface area (Å²) < 4.78 is 36.6. The van der Waals surface area contributed by atoms with Crippen molar-refractivity contribution in [2.24, 2.45) is 0 Å². The molecule has 1 aromatic rings. The Morgan fingerprint density at radius 2 is 2.08 bits per heavy atom. The molecule has 0 saturated carbocycles. The first-order valence-electron chi connectivity index (χ1n) is 7.92. The Balaban J connectivity index is 1.72. The zero-order valence-electron chi connectivity index (χ0n) is 14.0. The number of amides is 1. The molecule has 24 heavy (non-hydrogen) atoms. The van der Waals surface area contributed by atoms with Gasteiger partial charge in [-0.25, -0.2) is 8.42 Å². The molecule has 8 heteroatoms. The average molecular weight is 356 g/mol. The molecule has 1 amide bonds. The maximum Gasteiger partial charge on any atom is 0.257 e. The molecule has 2 rings (SSSR count). The molecule has 1 unspecified atom stereocenters. The number of ether oxygens (including phenoxy) is 2. The van der Waals surface area contributed by atoms with E-state index in [1.807, 2.05) is 26.0 Å². The zero-order valence-corrected chi connectivity index (χ0v) is 14.8. The first kappa shape index (κ1) is 18.7. The van der Waals surface area contributed by atoms with Crippen LogP contribution in [0.1, 0.15) is 12.5 Å². The van der Waals surface area contributed by atoms with Crippen molar-refractivity contribution in [3.8, 4) is 5.75 Å². The van der Waals surface area contributed by atoms with Crippen LogP contribution in [0.15, 0.2) is 24.3 Å². The van der Waals surface area contributed by atoms with Gasteiger partial charge >= 0.3 is 0 Å². The van der Waals surface area contributed by atoms with Crippen molar-refractivity contribution in [3.63, 3.8) is 0 Å². The first-order valence-corrected chi connectivity index (χ1v) is 9.53. The average Bonchev–Trinajstić information content (AvgIpc) is 2.54. The molecule has 7 nitrogen and oxygen atoms in total. The summed E-state index contributed by atoms with van der Waals surface area (Å²) in [5.41, 5.74) is 1.11. The smallest absolute Gasteiger partial charge is 0.257 e. The van der Waals surface area contributed by atoms with E-state index in [4.69, 9.17) is 9.47 Å². The second kappa shape index (κ2) is 8.46. The van der Waals surface area contributed by atoms with Crippen molar-refractivity contribution in [2.75, 3.05) is 38.7 Å². The van der Waals surface area contributed by atoms with Gasteiger partial charge in [-0.1, -0.05) is 17.7 Å². The quantitative estimate of drug-likeness (QED) is 0.771. The predicted molar refractivity (Wildman–Crippen MR) is 90.5 cm³/mol. The Bertz CT molecular complexity index is 645. The van der Waals surface area contributed by atoms with E-state index < -0.39 is 10.0 Å². The van der Waals surface area contributed by atoms with Crippen molar-refractivity contribution in [1.29, 1.82) is 0 Å². The molecule has 1 aliphatic rings. The lowest BCUT2D eigenvalue weighted by Crippen LogP contribution is -2.49. The van der Waals surface area contributed by atoms with Gasteiger partial charge < -0.3 is 14.8 Å². The van der Waals surface area contributed by atoms with Crippen LogP contribution in [0, 0.1) is 6.92 Å². The van der Waals surface area contributed by atoms with Gasteiger partial charge in [0, 0.05) is 19.1 Å². The zero-order chi connectivity index (χ0) is 17.6. The van der Waals surface area contributed by atoms with Crippen molar-refractivity contribution in [1.82, 2.24) is 9.62 Å². The molecule has 0 spiro atoms. The highest BCUT2D eigenvalue weighted by molar-refractivity contribution is 7.89. The van der Waals surface area contributed by atoms with Crippen LogP contribution in [0.3, 0.4) is 0 Å². The second-order valence-corrected chi connectivity index (χ2v) is 7.84. The third kappa shape index (κ3) is 5.47. The Hall–Kier alpha value is -1.64. The van der Waals surface area contributed by atoms with Crippen LogP contribution in [0.25, 0.3) is 0 Å². The highest BCUT2D eigenvalue weighted by Gasteiger charge is 2.29. The van der Waals surface area contributed by atoms with Crippen LogP contribution in [0.5, 0.6) is 5.75 Å². The van der Waals surface area contributed by atoms with Gasteiger partial charge in [-0.2, -0.15) is 4.31 Å². The normalized spacial score (nSPS) is 19.0. The third-order valence-electron chi connectivity index (χ3n) is 3.74. The largest absolute Gasteiger partial charge is 0.484 e. The van der Waals surface area contributed by atoms with Crippen LogP contribution < -0.4 is 10.1 Å². The van der Waals surface area contributed by atoms with E-state index in [9.17, 15) is 13.2 Å². The van der Waals surface area contributed by atoms with Crippen LogP contribution >= 0.6 is 0 Å². The number of carbonyl (C=O) groups is 1. The van der Waals surface area contributed by atoms with Gasteiger partial charge in [0.05, 0.1) is 19.0 Å². The molecule has 1 heterocycles. The number of aryl methyl sites for hydroxylation is 1. The van der Waals surface area contributed by atoms with Gasteiger partial charge in [0.15, 0.2) is 6.61 Å². The molecular formula is C16H24N2O5S. The molecule has 0 aliphatic carbocycles. The molecule has 134 valence electrons. The lowest BCUT2D eigenvalue weighted by Gasteiger charge is -2.32. The summed E-state index contributed by atoms with van der Waals surface area (Å²) in [5.74, 6) is 0.125. The van der Waals surface area contributed by atoms with Gasteiger partial charge in [0.2, 0.25) is 10.0 Å². The number of sulfonamides is 1. The van der Waals surface area contributed by atoms with E-state index in [0.29, 0.717) is 25.5 Å². The van der Waals surface area contributed by atoms with Gasteiger partial charge in [-0.05, 0) is 26.0 Å². The summed E-state index contributed by atoms with van der Waals surface area (Å²) in [4.78, 5) is 11.7. The van der Waals surface area contributed by atoms with Crippen LogP contribution in [-0.2, 0) is 19.6 Å². The van der Waals surface area contributed by atoms with E-state index >= 15 is 0 Å². The lowest BCUT2D eigenvalue weighted by atomic mass is 10.2. The fourth-order valence-corrected chi connectivity index (χ4v) is 3.95. The Morgan fingerprint density at radius 1 is 1.38 bits per heavy atom. The SMILES string of the molecule is Cc1ccc(OCC(=O)NCCS(=O)(=O)N2CCOCC2C)cc1. The van der Waals surface area contributed by atoms with Crippen molar-refractivity contribution in [2.45, 2.75) is 19.9 Å². The summed E-state index contributed by atoms with van der Waals surface area (Å²) >= 11 is 0. The summed E-state index contributed by atoms with van der Waals surface area (Å²) in [6, 6.07) is 7.18. The van der Waals surface area contributed by atoms with Crippen molar-refractivity contribution in [3.05, 3.63) is 29.8 Å². The molecule has 1 aliphatic heterocycles. The van der Waals surface area contributed by atoms with Gasteiger partial charge in [0.25, 0.3) is 5.91 Å². The topological polar surface area (TPSA) is 84.9 Å². The van der Waals surface area contributed by atoms with Crippen molar-refractivity contribution < 1.29 is 22.7 Å². The highest BCUT2D eigenvalue weighted by Crippen LogP contribution is 2.12. The molecule has 0 radical (unpaired) electrons. The number of nitrogens with one attached hydrogen (secondary N) is 1. The molecule has 1 N–H and O–H groups in total. The lowest BCUT2D eigenvalue weighted by molar-refractivity contribution is -0.122. The fraction of sp³-hybridized carbons (Fsp3) is 0.562. The maximum atomic E-state index is 12.3. The molecule has 1 saturated heterocycles. The second-order valence-electron chi connectivity index (χ2n) is 5.80. The van der Waals surface area contributed by atoms with E-state index in [1.165, 1.54) is 4.31 Å². The standard InChI is InChI=1S/C16H24N2O5S/c1-13-3-5-15(6-4-13)23-12-16(19)17-7-10-24(20,21)18-8-9-22-11-14(18)2/h3-6,14H,7-12H2,1-2H3,(H,17,19). The number of hydrogen-bond donors (Lipinski definition) is 1. The van der Waals surface area contributed by atoms with Crippen LogP contribution in [0.2, 0.25) is 0 Å². The first-order chi connectivity index (χ1) is 11.4. The van der Waals surface area contributed by atoms with E-state index in [0.717, 1.165) is 5.56 Å². The number of morpholine rings is 1.